The second kappa shape index (κ2) is 5.12. The molecule has 2 aromatic rings. The van der Waals surface area contributed by atoms with Crippen LogP contribution in [0.25, 0.3) is 0 Å². The third kappa shape index (κ3) is 2.22. The molecule has 0 radical (unpaired) electrons. The van der Waals surface area contributed by atoms with E-state index in [0.29, 0.717) is 12.3 Å². The minimum absolute atomic E-state index is 0.245. The maximum absolute atomic E-state index is 12.6. The molecule has 0 amide bonds. The summed E-state index contributed by atoms with van der Waals surface area (Å²) in [5.74, 6) is 0.535. The molecule has 3 rings (SSSR count). The van der Waals surface area contributed by atoms with Crippen LogP contribution in [0.15, 0.2) is 42.5 Å². The standard InChI is InChI=1S/C18H19NO/c1-12-6-5-8-15(13(12)2)18(20)10-14-11-19-17-9-4-3-7-16(14)17/h3-9,14,19H,10-11H2,1-2H3. The van der Waals surface area contributed by atoms with Crippen molar-refractivity contribution < 1.29 is 4.79 Å². The molecule has 0 bridgehead atoms. The zero-order chi connectivity index (χ0) is 14.1. The molecule has 0 saturated carbocycles. The van der Waals surface area contributed by atoms with Gasteiger partial charge in [0.15, 0.2) is 5.78 Å². The van der Waals surface area contributed by atoms with E-state index in [4.69, 9.17) is 0 Å². The number of aryl methyl sites for hydroxylation is 1. The average Bonchev–Trinajstić information content (AvgIpc) is 2.85. The van der Waals surface area contributed by atoms with Crippen molar-refractivity contribution in [2.75, 3.05) is 11.9 Å². The van der Waals surface area contributed by atoms with E-state index in [1.165, 1.54) is 16.8 Å². The predicted octanol–water partition coefficient (Wildman–Crippen LogP) is 4.09. The Morgan fingerprint density at radius 1 is 1.15 bits per heavy atom. The van der Waals surface area contributed by atoms with Crippen molar-refractivity contribution >= 4 is 11.5 Å². The predicted molar refractivity (Wildman–Crippen MR) is 82.5 cm³/mol. The molecule has 1 aliphatic rings. The Kier molecular flexibility index (Phi) is 3.31. The molecule has 0 spiro atoms. The SMILES string of the molecule is Cc1cccc(C(=O)CC2CNc3ccccc32)c1C. The van der Waals surface area contributed by atoms with Crippen LogP contribution in [0, 0.1) is 13.8 Å². The lowest BCUT2D eigenvalue weighted by Gasteiger charge is -2.12. The Labute approximate surface area is 119 Å². The number of Topliss-reactive ketones (excluding diaryl/α,β-unsaturated/α-hetero) is 1. The molecule has 0 aromatic heterocycles. The minimum atomic E-state index is 0.245. The zero-order valence-electron chi connectivity index (χ0n) is 11.9. The topological polar surface area (TPSA) is 29.1 Å². The summed E-state index contributed by atoms with van der Waals surface area (Å²) in [5, 5.41) is 3.38. The quantitative estimate of drug-likeness (QED) is 0.847. The van der Waals surface area contributed by atoms with Crippen molar-refractivity contribution in [1.82, 2.24) is 0 Å². The monoisotopic (exact) mass is 265 g/mol. The van der Waals surface area contributed by atoms with Crippen molar-refractivity contribution in [3.05, 3.63) is 64.7 Å². The van der Waals surface area contributed by atoms with Crippen LogP contribution in [0.5, 0.6) is 0 Å². The first-order valence-electron chi connectivity index (χ1n) is 7.09. The van der Waals surface area contributed by atoms with Crippen LogP contribution in [-0.2, 0) is 0 Å². The molecule has 0 saturated heterocycles. The van der Waals surface area contributed by atoms with Gasteiger partial charge in [0.1, 0.15) is 0 Å². The lowest BCUT2D eigenvalue weighted by Crippen LogP contribution is -2.11. The van der Waals surface area contributed by atoms with Gasteiger partial charge in [-0.25, -0.2) is 0 Å². The molecule has 1 heterocycles. The Hall–Kier alpha value is -2.09. The Bertz CT molecular complexity index is 660. The van der Waals surface area contributed by atoms with E-state index in [2.05, 4.69) is 30.4 Å². The van der Waals surface area contributed by atoms with Gasteiger partial charge in [0.05, 0.1) is 0 Å². The molecule has 1 aliphatic heterocycles. The molecule has 0 aliphatic carbocycles. The van der Waals surface area contributed by atoms with Gasteiger partial charge in [0, 0.05) is 30.1 Å². The highest BCUT2D eigenvalue weighted by Gasteiger charge is 2.25. The minimum Gasteiger partial charge on any atom is -0.384 e. The lowest BCUT2D eigenvalue weighted by molar-refractivity contribution is 0.0975. The summed E-state index contributed by atoms with van der Waals surface area (Å²) < 4.78 is 0. The summed E-state index contributed by atoms with van der Waals surface area (Å²) in [6, 6.07) is 14.2. The van der Waals surface area contributed by atoms with Gasteiger partial charge < -0.3 is 5.32 Å². The summed E-state index contributed by atoms with van der Waals surface area (Å²) in [4.78, 5) is 12.6. The van der Waals surface area contributed by atoms with E-state index in [1.807, 2.05) is 31.2 Å². The van der Waals surface area contributed by atoms with Crippen LogP contribution < -0.4 is 5.32 Å². The highest BCUT2D eigenvalue weighted by Crippen LogP contribution is 2.34. The molecule has 2 aromatic carbocycles. The van der Waals surface area contributed by atoms with Crippen molar-refractivity contribution in [3.63, 3.8) is 0 Å². The van der Waals surface area contributed by atoms with Gasteiger partial charge in [0.2, 0.25) is 0 Å². The number of hydrogen-bond donors (Lipinski definition) is 1. The van der Waals surface area contributed by atoms with Crippen LogP contribution in [0.2, 0.25) is 0 Å². The molecule has 1 N–H and O–H groups in total. The zero-order valence-corrected chi connectivity index (χ0v) is 11.9. The van der Waals surface area contributed by atoms with E-state index >= 15 is 0 Å². The number of carbonyl (C=O) groups is 1. The van der Waals surface area contributed by atoms with Crippen molar-refractivity contribution in [1.29, 1.82) is 0 Å². The van der Waals surface area contributed by atoms with E-state index in [0.717, 1.165) is 17.7 Å². The average molecular weight is 265 g/mol. The van der Waals surface area contributed by atoms with E-state index in [-0.39, 0.29) is 5.78 Å². The number of para-hydroxylation sites is 1. The summed E-state index contributed by atoms with van der Waals surface area (Å²) >= 11 is 0. The number of ketones is 1. The fraction of sp³-hybridized carbons (Fsp3) is 0.278. The van der Waals surface area contributed by atoms with Gasteiger partial charge in [0.25, 0.3) is 0 Å². The number of anilines is 1. The Morgan fingerprint density at radius 2 is 1.95 bits per heavy atom. The molecule has 20 heavy (non-hydrogen) atoms. The third-order valence-electron chi connectivity index (χ3n) is 4.28. The molecule has 1 unspecified atom stereocenters. The first-order chi connectivity index (χ1) is 9.66. The Balaban J connectivity index is 1.83. The van der Waals surface area contributed by atoms with Gasteiger partial charge >= 0.3 is 0 Å². The van der Waals surface area contributed by atoms with Crippen LogP contribution in [0.3, 0.4) is 0 Å². The summed E-state index contributed by atoms with van der Waals surface area (Å²) in [5.41, 5.74) is 5.60. The van der Waals surface area contributed by atoms with Crippen molar-refractivity contribution in [3.8, 4) is 0 Å². The highest BCUT2D eigenvalue weighted by molar-refractivity contribution is 5.98. The van der Waals surface area contributed by atoms with Gasteiger partial charge in [-0.15, -0.1) is 0 Å². The Morgan fingerprint density at radius 3 is 2.80 bits per heavy atom. The maximum Gasteiger partial charge on any atom is 0.163 e. The van der Waals surface area contributed by atoms with E-state index in [9.17, 15) is 4.79 Å². The second-order valence-corrected chi connectivity index (χ2v) is 5.54. The normalized spacial score (nSPS) is 16.6. The number of fused-ring (bicyclic) bond motifs is 1. The molecular weight excluding hydrogens is 246 g/mol. The molecule has 0 fully saturated rings. The second-order valence-electron chi connectivity index (χ2n) is 5.54. The van der Waals surface area contributed by atoms with Gasteiger partial charge in [-0.2, -0.15) is 0 Å². The van der Waals surface area contributed by atoms with Crippen LogP contribution in [-0.4, -0.2) is 12.3 Å². The van der Waals surface area contributed by atoms with E-state index in [1.54, 1.807) is 0 Å². The third-order valence-corrected chi connectivity index (χ3v) is 4.28. The smallest absolute Gasteiger partial charge is 0.163 e. The van der Waals surface area contributed by atoms with E-state index < -0.39 is 0 Å². The maximum atomic E-state index is 12.6. The fourth-order valence-electron chi connectivity index (χ4n) is 2.93. The fourth-order valence-corrected chi connectivity index (χ4v) is 2.93. The lowest BCUT2D eigenvalue weighted by atomic mass is 9.91. The summed E-state index contributed by atoms with van der Waals surface area (Å²) in [6.07, 6.45) is 0.578. The van der Waals surface area contributed by atoms with Crippen LogP contribution >= 0.6 is 0 Å². The number of benzene rings is 2. The molecule has 102 valence electrons. The highest BCUT2D eigenvalue weighted by atomic mass is 16.1. The number of rotatable bonds is 3. The first-order valence-corrected chi connectivity index (χ1v) is 7.09. The summed E-state index contributed by atoms with van der Waals surface area (Å²) in [7, 11) is 0. The van der Waals surface area contributed by atoms with Crippen molar-refractivity contribution in [2.24, 2.45) is 0 Å². The number of carbonyl (C=O) groups excluding carboxylic acids is 1. The molecule has 2 heteroatoms. The van der Waals surface area contributed by atoms with Crippen LogP contribution in [0.4, 0.5) is 5.69 Å². The molecule has 2 nitrogen and oxygen atoms in total. The number of nitrogens with one attached hydrogen (secondary N) is 1. The molecular formula is C18H19NO. The summed E-state index contributed by atoms with van der Waals surface area (Å²) in [6.45, 7) is 4.94. The van der Waals surface area contributed by atoms with Gasteiger partial charge in [-0.1, -0.05) is 36.4 Å². The largest absolute Gasteiger partial charge is 0.384 e. The van der Waals surface area contributed by atoms with Gasteiger partial charge in [-0.3, -0.25) is 4.79 Å². The van der Waals surface area contributed by atoms with Crippen molar-refractivity contribution in [2.45, 2.75) is 26.2 Å². The first kappa shape index (κ1) is 12.9. The number of hydrogen-bond acceptors (Lipinski definition) is 2. The van der Waals surface area contributed by atoms with Gasteiger partial charge in [-0.05, 0) is 36.6 Å². The van der Waals surface area contributed by atoms with Crippen LogP contribution in [0.1, 0.15) is 39.4 Å². The molecule has 1 atom stereocenters.